The standard InChI is InChI=1S/C24H29N3O4/c25-22(28)20-11-4-5-12-21(20)31-16-17-7-6-10-19(15-17)24(30)27-14-13-26-23(29)18-8-2-1-3-9-18/h4-7,10-12,15,18H,1-3,8-9,13-14,16H2,(H2,25,28)(H,26,29)(H,27,30). The first-order valence-corrected chi connectivity index (χ1v) is 10.7. The largest absolute Gasteiger partial charge is 0.488 e. The number of hydrogen-bond acceptors (Lipinski definition) is 4. The zero-order valence-electron chi connectivity index (χ0n) is 17.6. The number of nitrogens with two attached hydrogens (primary N) is 1. The molecule has 1 aliphatic rings. The van der Waals surface area contributed by atoms with Crippen LogP contribution in [0.15, 0.2) is 48.5 Å². The maximum absolute atomic E-state index is 12.4. The van der Waals surface area contributed by atoms with Crippen molar-refractivity contribution in [2.24, 2.45) is 11.7 Å². The fourth-order valence-corrected chi connectivity index (χ4v) is 3.73. The van der Waals surface area contributed by atoms with Crippen molar-refractivity contribution in [1.82, 2.24) is 10.6 Å². The molecule has 0 saturated heterocycles. The van der Waals surface area contributed by atoms with E-state index in [-0.39, 0.29) is 24.3 Å². The van der Waals surface area contributed by atoms with Crippen LogP contribution < -0.4 is 21.1 Å². The Morgan fingerprint density at radius 3 is 2.45 bits per heavy atom. The van der Waals surface area contributed by atoms with Gasteiger partial charge in [0.2, 0.25) is 5.91 Å². The van der Waals surface area contributed by atoms with Crippen molar-refractivity contribution >= 4 is 17.7 Å². The van der Waals surface area contributed by atoms with Crippen LogP contribution >= 0.6 is 0 Å². The third-order valence-electron chi connectivity index (χ3n) is 5.42. The van der Waals surface area contributed by atoms with Crippen molar-refractivity contribution in [2.45, 2.75) is 38.7 Å². The van der Waals surface area contributed by atoms with Crippen LogP contribution in [0.25, 0.3) is 0 Å². The average molecular weight is 424 g/mol. The summed E-state index contributed by atoms with van der Waals surface area (Å²) < 4.78 is 5.72. The van der Waals surface area contributed by atoms with Gasteiger partial charge in [-0.2, -0.15) is 0 Å². The molecule has 3 rings (SSSR count). The smallest absolute Gasteiger partial charge is 0.252 e. The molecular weight excluding hydrogens is 394 g/mol. The van der Waals surface area contributed by atoms with Gasteiger partial charge in [0.05, 0.1) is 5.56 Å². The highest BCUT2D eigenvalue weighted by molar-refractivity contribution is 5.95. The Bertz CT molecular complexity index is 923. The van der Waals surface area contributed by atoms with E-state index < -0.39 is 5.91 Å². The van der Waals surface area contributed by atoms with Crippen LogP contribution in [0.4, 0.5) is 0 Å². The van der Waals surface area contributed by atoms with Crippen LogP contribution in [-0.2, 0) is 11.4 Å². The van der Waals surface area contributed by atoms with Gasteiger partial charge in [-0.3, -0.25) is 14.4 Å². The molecule has 0 aromatic heterocycles. The second-order valence-corrected chi connectivity index (χ2v) is 7.73. The fraction of sp³-hybridized carbons (Fsp3) is 0.375. The van der Waals surface area contributed by atoms with Crippen LogP contribution in [0.5, 0.6) is 5.75 Å². The predicted octanol–water partition coefficient (Wildman–Crippen LogP) is 2.79. The summed E-state index contributed by atoms with van der Waals surface area (Å²) in [5.41, 5.74) is 6.97. The van der Waals surface area contributed by atoms with E-state index in [1.807, 2.05) is 6.07 Å². The molecule has 7 nitrogen and oxygen atoms in total. The molecule has 2 aromatic carbocycles. The molecule has 0 radical (unpaired) electrons. The molecule has 31 heavy (non-hydrogen) atoms. The highest BCUT2D eigenvalue weighted by Gasteiger charge is 2.20. The Morgan fingerprint density at radius 2 is 1.68 bits per heavy atom. The van der Waals surface area contributed by atoms with Gasteiger partial charge in [-0.15, -0.1) is 0 Å². The van der Waals surface area contributed by atoms with Crippen molar-refractivity contribution in [2.75, 3.05) is 13.1 Å². The first-order chi connectivity index (χ1) is 15.0. The molecule has 0 unspecified atom stereocenters. The van der Waals surface area contributed by atoms with Gasteiger partial charge in [-0.05, 0) is 42.7 Å². The normalized spacial score (nSPS) is 13.9. The molecular formula is C24H29N3O4. The van der Waals surface area contributed by atoms with Crippen molar-refractivity contribution < 1.29 is 19.1 Å². The summed E-state index contributed by atoms with van der Waals surface area (Å²) in [5.74, 6) is -0.172. The van der Waals surface area contributed by atoms with E-state index in [1.165, 1.54) is 6.42 Å². The SMILES string of the molecule is NC(=O)c1ccccc1OCc1cccc(C(=O)NCCNC(=O)C2CCCCC2)c1. The second kappa shape index (κ2) is 11.2. The van der Waals surface area contributed by atoms with Crippen LogP contribution in [0.1, 0.15) is 58.4 Å². The lowest BCUT2D eigenvalue weighted by Gasteiger charge is -2.20. The van der Waals surface area contributed by atoms with E-state index in [9.17, 15) is 14.4 Å². The van der Waals surface area contributed by atoms with Gasteiger partial charge in [0, 0.05) is 24.6 Å². The Kier molecular flexibility index (Phi) is 8.04. The molecule has 1 fully saturated rings. The number of benzene rings is 2. The molecule has 4 N–H and O–H groups in total. The zero-order chi connectivity index (χ0) is 22.1. The average Bonchev–Trinajstić information content (AvgIpc) is 2.81. The highest BCUT2D eigenvalue weighted by atomic mass is 16.5. The molecule has 7 heteroatoms. The first kappa shape index (κ1) is 22.3. The van der Waals surface area contributed by atoms with Gasteiger partial charge < -0.3 is 21.1 Å². The summed E-state index contributed by atoms with van der Waals surface area (Å²) in [4.78, 5) is 36.1. The summed E-state index contributed by atoms with van der Waals surface area (Å²) in [7, 11) is 0. The van der Waals surface area contributed by atoms with Gasteiger partial charge in [0.15, 0.2) is 0 Å². The monoisotopic (exact) mass is 423 g/mol. The molecule has 0 atom stereocenters. The van der Waals surface area contributed by atoms with Crippen molar-refractivity contribution in [3.63, 3.8) is 0 Å². The summed E-state index contributed by atoms with van der Waals surface area (Å²) in [6.45, 7) is 0.973. The van der Waals surface area contributed by atoms with E-state index in [0.717, 1.165) is 31.2 Å². The maximum atomic E-state index is 12.4. The third kappa shape index (κ3) is 6.57. The minimum absolute atomic E-state index is 0.0873. The summed E-state index contributed by atoms with van der Waals surface area (Å²) in [6.07, 6.45) is 5.35. The van der Waals surface area contributed by atoms with E-state index in [2.05, 4.69) is 10.6 Å². The maximum Gasteiger partial charge on any atom is 0.252 e. The fourth-order valence-electron chi connectivity index (χ4n) is 3.73. The van der Waals surface area contributed by atoms with E-state index in [1.54, 1.807) is 42.5 Å². The number of primary amides is 1. The number of nitrogens with one attached hydrogen (secondary N) is 2. The lowest BCUT2D eigenvalue weighted by Crippen LogP contribution is -2.38. The first-order valence-electron chi connectivity index (χ1n) is 10.7. The number of amides is 3. The zero-order valence-corrected chi connectivity index (χ0v) is 17.6. The highest BCUT2D eigenvalue weighted by Crippen LogP contribution is 2.23. The Balaban J connectivity index is 1.46. The van der Waals surface area contributed by atoms with Crippen LogP contribution in [-0.4, -0.2) is 30.8 Å². The van der Waals surface area contributed by atoms with E-state index in [0.29, 0.717) is 30.0 Å². The number of hydrogen-bond donors (Lipinski definition) is 3. The molecule has 1 saturated carbocycles. The summed E-state index contributed by atoms with van der Waals surface area (Å²) in [5, 5.41) is 5.74. The number of carbonyl (C=O) groups excluding carboxylic acids is 3. The van der Waals surface area contributed by atoms with Crippen LogP contribution in [0.3, 0.4) is 0 Å². The molecule has 0 aliphatic heterocycles. The Hall–Kier alpha value is -3.35. The number of carbonyl (C=O) groups is 3. The third-order valence-corrected chi connectivity index (χ3v) is 5.42. The number of para-hydroxylation sites is 1. The molecule has 3 amide bonds. The van der Waals surface area contributed by atoms with Crippen molar-refractivity contribution in [1.29, 1.82) is 0 Å². The Labute approximate surface area is 182 Å². The molecule has 1 aliphatic carbocycles. The number of ether oxygens (including phenoxy) is 1. The quantitative estimate of drug-likeness (QED) is 0.539. The van der Waals surface area contributed by atoms with Crippen molar-refractivity contribution in [3.8, 4) is 5.75 Å². The molecule has 0 bridgehead atoms. The van der Waals surface area contributed by atoms with Crippen LogP contribution in [0.2, 0.25) is 0 Å². The summed E-state index contributed by atoms with van der Waals surface area (Å²) >= 11 is 0. The lowest BCUT2D eigenvalue weighted by molar-refractivity contribution is -0.125. The number of rotatable bonds is 9. The van der Waals surface area contributed by atoms with Gasteiger partial charge in [0.25, 0.3) is 11.8 Å². The minimum atomic E-state index is -0.556. The molecule has 0 spiro atoms. The predicted molar refractivity (Wildman–Crippen MR) is 118 cm³/mol. The molecule has 0 heterocycles. The van der Waals surface area contributed by atoms with Gasteiger partial charge >= 0.3 is 0 Å². The van der Waals surface area contributed by atoms with Crippen LogP contribution in [0, 0.1) is 5.92 Å². The van der Waals surface area contributed by atoms with Crippen molar-refractivity contribution in [3.05, 3.63) is 65.2 Å². The topological polar surface area (TPSA) is 111 Å². The second-order valence-electron chi connectivity index (χ2n) is 7.73. The van der Waals surface area contributed by atoms with E-state index >= 15 is 0 Å². The lowest BCUT2D eigenvalue weighted by atomic mass is 9.89. The molecule has 2 aromatic rings. The van der Waals surface area contributed by atoms with E-state index in [4.69, 9.17) is 10.5 Å². The molecule has 164 valence electrons. The summed E-state index contributed by atoms with van der Waals surface area (Å²) in [6, 6.07) is 13.8. The van der Waals surface area contributed by atoms with Gasteiger partial charge in [0.1, 0.15) is 12.4 Å². The minimum Gasteiger partial charge on any atom is -0.488 e. The Morgan fingerprint density at radius 1 is 0.935 bits per heavy atom. The van der Waals surface area contributed by atoms with Gasteiger partial charge in [-0.1, -0.05) is 43.5 Å². The van der Waals surface area contributed by atoms with Gasteiger partial charge in [-0.25, -0.2) is 0 Å².